The van der Waals surface area contributed by atoms with Crippen molar-refractivity contribution in [3.63, 3.8) is 0 Å². The van der Waals surface area contributed by atoms with Crippen LogP contribution in [0.25, 0.3) is 0 Å². The molecule has 4 rings (SSSR count). The average molecular weight is 441 g/mol. The van der Waals surface area contributed by atoms with Crippen LogP contribution >= 0.6 is 23.2 Å². The molecule has 0 spiro atoms. The predicted molar refractivity (Wildman–Crippen MR) is 115 cm³/mol. The highest BCUT2D eigenvalue weighted by atomic mass is 35.5. The zero-order valence-electron chi connectivity index (χ0n) is 15.6. The Hall–Kier alpha value is -3.35. The Balaban J connectivity index is 1.61. The van der Waals surface area contributed by atoms with Crippen LogP contribution < -0.4 is 15.0 Å². The van der Waals surface area contributed by atoms with Gasteiger partial charge in [-0.05, 0) is 48.5 Å². The van der Waals surface area contributed by atoms with Gasteiger partial charge in [0, 0.05) is 12.6 Å². The van der Waals surface area contributed by atoms with Crippen LogP contribution in [0.15, 0.2) is 60.7 Å². The summed E-state index contributed by atoms with van der Waals surface area (Å²) in [5, 5.41) is 2.93. The van der Waals surface area contributed by atoms with E-state index in [1.807, 2.05) is 0 Å². The molecule has 0 aliphatic carbocycles. The molecule has 3 amide bonds. The summed E-state index contributed by atoms with van der Waals surface area (Å²) in [4.78, 5) is 37.5. The molecule has 0 radical (unpaired) electrons. The number of nitrogens with one attached hydrogen (secondary N) is 1. The number of carbonyl (C=O) groups is 3. The number of nitrogens with zero attached hydrogens (tertiary/aromatic N) is 1. The molecular formula is C22H14Cl2N2O4. The number of hydrogen-bond acceptors (Lipinski definition) is 4. The first-order valence-electron chi connectivity index (χ1n) is 8.87. The van der Waals surface area contributed by atoms with E-state index in [9.17, 15) is 14.4 Å². The monoisotopic (exact) mass is 440 g/mol. The molecule has 1 aliphatic rings. The van der Waals surface area contributed by atoms with Gasteiger partial charge < -0.3 is 10.1 Å². The van der Waals surface area contributed by atoms with Gasteiger partial charge >= 0.3 is 0 Å². The van der Waals surface area contributed by atoms with Crippen molar-refractivity contribution in [1.29, 1.82) is 0 Å². The van der Waals surface area contributed by atoms with E-state index in [0.29, 0.717) is 22.6 Å². The first kappa shape index (κ1) is 19.9. The number of amides is 3. The fraction of sp³-hybridized carbons (Fsp3) is 0.0455. The van der Waals surface area contributed by atoms with Crippen LogP contribution in [0, 0.1) is 0 Å². The number of hydrogen-bond donors (Lipinski definition) is 1. The van der Waals surface area contributed by atoms with E-state index in [-0.39, 0.29) is 27.4 Å². The van der Waals surface area contributed by atoms with E-state index in [2.05, 4.69) is 5.32 Å². The van der Waals surface area contributed by atoms with Crippen molar-refractivity contribution in [2.45, 2.75) is 6.92 Å². The number of anilines is 2. The molecule has 3 aromatic rings. The normalized spacial score (nSPS) is 12.7. The lowest BCUT2D eigenvalue weighted by atomic mass is 10.1. The fourth-order valence-electron chi connectivity index (χ4n) is 3.12. The lowest BCUT2D eigenvalue weighted by Gasteiger charge is -2.17. The lowest BCUT2D eigenvalue weighted by molar-refractivity contribution is -0.114. The fourth-order valence-corrected chi connectivity index (χ4v) is 3.68. The predicted octanol–water partition coefficient (Wildman–Crippen LogP) is 5.54. The minimum atomic E-state index is -0.440. The maximum Gasteiger partial charge on any atom is 0.266 e. The zero-order valence-corrected chi connectivity index (χ0v) is 17.1. The van der Waals surface area contributed by atoms with Crippen LogP contribution in [-0.2, 0) is 4.79 Å². The number of benzene rings is 3. The number of fused-ring (bicyclic) bond motifs is 1. The molecule has 30 heavy (non-hydrogen) atoms. The average Bonchev–Trinajstić information content (AvgIpc) is 2.96. The van der Waals surface area contributed by atoms with Gasteiger partial charge in [-0.25, -0.2) is 4.90 Å². The number of ether oxygens (including phenoxy) is 1. The van der Waals surface area contributed by atoms with Crippen LogP contribution in [0.2, 0.25) is 10.0 Å². The molecule has 0 aromatic heterocycles. The van der Waals surface area contributed by atoms with Crippen molar-refractivity contribution in [1.82, 2.24) is 0 Å². The SMILES string of the molecule is CC(=O)Nc1ccc(Oc2c(Cl)cc(N3C(=O)c4ccccc4C3=O)cc2Cl)cc1. The number of imide groups is 1. The van der Waals surface area contributed by atoms with Crippen LogP contribution in [0.3, 0.4) is 0 Å². The molecular weight excluding hydrogens is 427 g/mol. The molecule has 1 heterocycles. The summed E-state index contributed by atoms with van der Waals surface area (Å²) in [6.07, 6.45) is 0. The summed E-state index contributed by atoms with van der Waals surface area (Å²) >= 11 is 12.7. The third kappa shape index (κ3) is 3.63. The van der Waals surface area contributed by atoms with Crippen LogP contribution in [0.5, 0.6) is 11.5 Å². The van der Waals surface area contributed by atoms with Gasteiger partial charge in [-0.3, -0.25) is 14.4 Å². The summed E-state index contributed by atoms with van der Waals surface area (Å²) in [5.74, 6) is -0.430. The Bertz CT molecular complexity index is 1130. The number of halogens is 2. The van der Waals surface area contributed by atoms with Gasteiger partial charge in [0.25, 0.3) is 11.8 Å². The van der Waals surface area contributed by atoms with Crippen molar-refractivity contribution in [3.05, 3.63) is 81.8 Å². The standard InChI is InChI=1S/C22H14Cl2N2O4/c1-12(27)25-13-6-8-15(9-7-13)30-20-18(23)10-14(11-19(20)24)26-21(28)16-4-2-3-5-17(16)22(26)29/h2-11H,1H3,(H,25,27). The molecule has 6 nitrogen and oxygen atoms in total. The van der Waals surface area contributed by atoms with E-state index in [4.69, 9.17) is 27.9 Å². The van der Waals surface area contributed by atoms with Gasteiger partial charge in [-0.2, -0.15) is 0 Å². The zero-order chi connectivity index (χ0) is 21.4. The summed E-state index contributed by atoms with van der Waals surface area (Å²) in [6.45, 7) is 1.42. The molecule has 1 aliphatic heterocycles. The van der Waals surface area contributed by atoms with Crippen molar-refractivity contribution in [2.75, 3.05) is 10.2 Å². The van der Waals surface area contributed by atoms with E-state index < -0.39 is 11.8 Å². The second-order valence-electron chi connectivity index (χ2n) is 6.54. The van der Waals surface area contributed by atoms with Gasteiger partial charge in [0.15, 0.2) is 5.75 Å². The Morgan fingerprint density at radius 1 is 0.900 bits per heavy atom. The van der Waals surface area contributed by atoms with Gasteiger partial charge in [0.05, 0.1) is 26.9 Å². The van der Waals surface area contributed by atoms with E-state index in [1.165, 1.54) is 19.1 Å². The Morgan fingerprint density at radius 2 is 1.43 bits per heavy atom. The second kappa shape index (κ2) is 7.82. The van der Waals surface area contributed by atoms with Gasteiger partial charge in [0.1, 0.15) is 5.75 Å². The molecule has 3 aromatic carbocycles. The lowest BCUT2D eigenvalue weighted by Crippen LogP contribution is -2.29. The Kier molecular flexibility index (Phi) is 5.20. The smallest absolute Gasteiger partial charge is 0.266 e. The largest absolute Gasteiger partial charge is 0.454 e. The second-order valence-corrected chi connectivity index (χ2v) is 7.35. The first-order chi connectivity index (χ1) is 14.3. The maximum absolute atomic E-state index is 12.7. The van der Waals surface area contributed by atoms with Crippen LogP contribution in [0.4, 0.5) is 11.4 Å². The van der Waals surface area contributed by atoms with Crippen molar-refractivity contribution >= 4 is 52.3 Å². The first-order valence-corrected chi connectivity index (χ1v) is 9.63. The highest BCUT2D eigenvalue weighted by molar-refractivity contribution is 6.39. The molecule has 0 bridgehead atoms. The molecule has 0 atom stereocenters. The summed E-state index contributed by atoms with van der Waals surface area (Å²) in [7, 11) is 0. The number of rotatable bonds is 4. The minimum Gasteiger partial charge on any atom is -0.454 e. The van der Waals surface area contributed by atoms with E-state index in [0.717, 1.165) is 4.90 Å². The molecule has 0 unspecified atom stereocenters. The summed E-state index contributed by atoms with van der Waals surface area (Å²) < 4.78 is 5.77. The number of carbonyl (C=O) groups excluding carboxylic acids is 3. The maximum atomic E-state index is 12.7. The molecule has 0 saturated heterocycles. The van der Waals surface area contributed by atoms with Crippen LogP contribution in [0.1, 0.15) is 27.6 Å². The van der Waals surface area contributed by atoms with Crippen molar-refractivity contribution in [2.24, 2.45) is 0 Å². The van der Waals surface area contributed by atoms with Crippen molar-refractivity contribution in [3.8, 4) is 11.5 Å². The molecule has 0 fully saturated rings. The molecule has 150 valence electrons. The van der Waals surface area contributed by atoms with Gasteiger partial charge in [0.2, 0.25) is 5.91 Å². The van der Waals surface area contributed by atoms with E-state index >= 15 is 0 Å². The Labute approximate surface area is 182 Å². The highest BCUT2D eigenvalue weighted by Crippen LogP contribution is 2.41. The molecule has 1 N–H and O–H groups in total. The van der Waals surface area contributed by atoms with Crippen LogP contribution in [-0.4, -0.2) is 17.7 Å². The van der Waals surface area contributed by atoms with E-state index in [1.54, 1.807) is 48.5 Å². The molecule has 8 heteroatoms. The van der Waals surface area contributed by atoms with Gasteiger partial charge in [-0.15, -0.1) is 0 Å². The molecule has 0 saturated carbocycles. The quantitative estimate of drug-likeness (QED) is 0.539. The highest BCUT2D eigenvalue weighted by Gasteiger charge is 2.36. The van der Waals surface area contributed by atoms with Crippen molar-refractivity contribution < 1.29 is 19.1 Å². The summed E-state index contributed by atoms with van der Waals surface area (Å²) in [5.41, 5.74) is 1.53. The minimum absolute atomic E-state index is 0.139. The third-order valence-electron chi connectivity index (χ3n) is 4.43. The third-order valence-corrected chi connectivity index (χ3v) is 4.99. The topological polar surface area (TPSA) is 75.7 Å². The Morgan fingerprint density at radius 3 is 1.93 bits per heavy atom. The van der Waals surface area contributed by atoms with Gasteiger partial charge in [-0.1, -0.05) is 35.3 Å². The summed E-state index contributed by atoms with van der Waals surface area (Å²) in [6, 6.07) is 16.1.